The van der Waals surface area contributed by atoms with Crippen molar-refractivity contribution in [2.24, 2.45) is 5.73 Å². The fourth-order valence-corrected chi connectivity index (χ4v) is 1.66. The van der Waals surface area contributed by atoms with Crippen LogP contribution >= 0.6 is 12.4 Å². The van der Waals surface area contributed by atoms with Crippen molar-refractivity contribution in [3.8, 4) is 11.5 Å². The zero-order chi connectivity index (χ0) is 15.9. The maximum absolute atomic E-state index is 12.1. The number of nitrogens with two attached hydrogens (primary N) is 1. The number of halogens is 1. The summed E-state index contributed by atoms with van der Waals surface area (Å²) in [5, 5.41) is 2.81. The van der Waals surface area contributed by atoms with Gasteiger partial charge in [0.1, 0.15) is 0 Å². The molecule has 1 rings (SSSR count). The van der Waals surface area contributed by atoms with Crippen molar-refractivity contribution in [1.82, 2.24) is 5.32 Å². The molecule has 0 bridgehead atoms. The van der Waals surface area contributed by atoms with Crippen molar-refractivity contribution < 1.29 is 14.3 Å². The molecule has 0 fully saturated rings. The van der Waals surface area contributed by atoms with Crippen LogP contribution in [0.15, 0.2) is 18.2 Å². The SMILES string of the molecule is CCCOc1ccc(C(=O)NCC(C)(C)N)cc1OCC.Cl. The Kier molecular flexibility index (Phi) is 8.90. The highest BCUT2D eigenvalue weighted by atomic mass is 35.5. The standard InChI is InChI=1S/C16H26N2O3.ClH/c1-5-9-21-13-8-7-12(10-14(13)20-6-2)15(19)18-11-16(3,4)17;/h7-8,10H,5-6,9,11,17H2,1-4H3,(H,18,19);1H. The zero-order valence-electron chi connectivity index (χ0n) is 13.8. The summed E-state index contributed by atoms with van der Waals surface area (Å²) in [6, 6.07) is 5.20. The van der Waals surface area contributed by atoms with Crippen LogP contribution in [0.3, 0.4) is 0 Å². The molecule has 0 aliphatic rings. The van der Waals surface area contributed by atoms with Gasteiger partial charge in [0.15, 0.2) is 11.5 Å². The summed E-state index contributed by atoms with van der Waals surface area (Å²) in [6.45, 7) is 9.20. The predicted molar refractivity (Wildman–Crippen MR) is 91.2 cm³/mol. The first-order valence-corrected chi connectivity index (χ1v) is 7.34. The first-order chi connectivity index (χ1) is 9.87. The average molecular weight is 331 g/mol. The Labute approximate surface area is 139 Å². The molecule has 1 amide bonds. The van der Waals surface area contributed by atoms with E-state index < -0.39 is 5.54 Å². The molecule has 0 unspecified atom stereocenters. The second-order valence-electron chi connectivity index (χ2n) is 5.61. The van der Waals surface area contributed by atoms with Gasteiger partial charge in [0.25, 0.3) is 5.91 Å². The Morgan fingerprint density at radius 1 is 1.23 bits per heavy atom. The van der Waals surface area contributed by atoms with Crippen molar-refractivity contribution in [3.63, 3.8) is 0 Å². The number of hydrogen-bond acceptors (Lipinski definition) is 4. The highest BCUT2D eigenvalue weighted by molar-refractivity contribution is 5.94. The van der Waals surface area contributed by atoms with Gasteiger partial charge in [-0.25, -0.2) is 0 Å². The second kappa shape index (κ2) is 9.54. The fourth-order valence-electron chi connectivity index (χ4n) is 1.66. The number of carbonyl (C=O) groups excluding carboxylic acids is 1. The number of ether oxygens (including phenoxy) is 2. The molecule has 1 aromatic rings. The maximum Gasteiger partial charge on any atom is 0.251 e. The monoisotopic (exact) mass is 330 g/mol. The molecule has 0 aliphatic carbocycles. The minimum absolute atomic E-state index is 0. The van der Waals surface area contributed by atoms with Crippen LogP contribution in [0.4, 0.5) is 0 Å². The van der Waals surface area contributed by atoms with Gasteiger partial charge in [0.2, 0.25) is 0 Å². The van der Waals surface area contributed by atoms with E-state index >= 15 is 0 Å². The lowest BCUT2D eigenvalue weighted by Crippen LogP contribution is -2.45. The van der Waals surface area contributed by atoms with Crippen molar-refractivity contribution in [3.05, 3.63) is 23.8 Å². The largest absolute Gasteiger partial charge is 0.490 e. The van der Waals surface area contributed by atoms with Crippen LogP contribution in [0.2, 0.25) is 0 Å². The molecule has 22 heavy (non-hydrogen) atoms. The number of nitrogens with one attached hydrogen (secondary N) is 1. The van der Waals surface area contributed by atoms with Crippen molar-refractivity contribution >= 4 is 18.3 Å². The summed E-state index contributed by atoms with van der Waals surface area (Å²) in [5.74, 6) is 1.08. The van der Waals surface area contributed by atoms with Crippen molar-refractivity contribution in [1.29, 1.82) is 0 Å². The minimum atomic E-state index is -0.442. The summed E-state index contributed by atoms with van der Waals surface area (Å²) in [4.78, 5) is 12.1. The molecule has 1 aromatic carbocycles. The lowest BCUT2D eigenvalue weighted by atomic mass is 10.1. The highest BCUT2D eigenvalue weighted by Gasteiger charge is 2.15. The fraction of sp³-hybridized carbons (Fsp3) is 0.562. The lowest BCUT2D eigenvalue weighted by Gasteiger charge is -2.19. The molecule has 5 nitrogen and oxygen atoms in total. The molecule has 0 aliphatic heterocycles. The average Bonchev–Trinajstić information content (AvgIpc) is 2.43. The van der Waals surface area contributed by atoms with Crippen LogP contribution in [-0.4, -0.2) is 31.2 Å². The molecule has 0 saturated heterocycles. The molecule has 6 heteroatoms. The van der Waals surface area contributed by atoms with E-state index in [4.69, 9.17) is 15.2 Å². The third kappa shape index (κ3) is 7.00. The summed E-state index contributed by atoms with van der Waals surface area (Å²) in [5.41, 5.74) is 5.95. The third-order valence-electron chi connectivity index (χ3n) is 2.67. The quantitative estimate of drug-likeness (QED) is 0.768. The molecule has 0 saturated carbocycles. The van der Waals surface area contributed by atoms with Crippen LogP contribution in [-0.2, 0) is 0 Å². The summed E-state index contributed by atoms with van der Waals surface area (Å²) in [6.07, 6.45) is 0.916. The van der Waals surface area contributed by atoms with Gasteiger partial charge in [-0.05, 0) is 45.4 Å². The first-order valence-electron chi connectivity index (χ1n) is 7.34. The molecule has 0 heterocycles. The molecule has 0 spiro atoms. The topological polar surface area (TPSA) is 73.6 Å². The van der Waals surface area contributed by atoms with Gasteiger partial charge >= 0.3 is 0 Å². The van der Waals surface area contributed by atoms with Gasteiger partial charge < -0.3 is 20.5 Å². The second-order valence-corrected chi connectivity index (χ2v) is 5.61. The van der Waals surface area contributed by atoms with Gasteiger partial charge in [-0.3, -0.25) is 4.79 Å². The molecule has 0 radical (unpaired) electrons. The van der Waals surface area contributed by atoms with E-state index in [2.05, 4.69) is 5.32 Å². The summed E-state index contributed by atoms with van der Waals surface area (Å²) < 4.78 is 11.2. The van der Waals surface area contributed by atoms with E-state index in [1.807, 2.05) is 27.7 Å². The Morgan fingerprint density at radius 3 is 2.45 bits per heavy atom. The number of amides is 1. The van der Waals surface area contributed by atoms with Crippen molar-refractivity contribution in [2.75, 3.05) is 19.8 Å². The van der Waals surface area contributed by atoms with Crippen LogP contribution in [0.5, 0.6) is 11.5 Å². The summed E-state index contributed by atoms with van der Waals surface area (Å²) >= 11 is 0. The first kappa shape index (κ1) is 20.5. The Morgan fingerprint density at radius 2 is 1.91 bits per heavy atom. The van der Waals surface area contributed by atoms with E-state index in [1.54, 1.807) is 18.2 Å². The van der Waals surface area contributed by atoms with Crippen LogP contribution < -0.4 is 20.5 Å². The van der Waals surface area contributed by atoms with Crippen molar-refractivity contribution in [2.45, 2.75) is 39.7 Å². The summed E-state index contributed by atoms with van der Waals surface area (Å²) in [7, 11) is 0. The van der Waals surface area contributed by atoms with E-state index in [1.165, 1.54) is 0 Å². The molecule has 0 aromatic heterocycles. The molecule has 0 atom stereocenters. The van der Waals surface area contributed by atoms with E-state index in [0.29, 0.717) is 36.8 Å². The van der Waals surface area contributed by atoms with Crippen LogP contribution in [0.1, 0.15) is 44.5 Å². The smallest absolute Gasteiger partial charge is 0.251 e. The van der Waals surface area contributed by atoms with E-state index in [-0.39, 0.29) is 18.3 Å². The molecule has 3 N–H and O–H groups in total. The molecule has 126 valence electrons. The van der Waals surface area contributed by atoms with Crippen LogP contribution in [0.25, 0.3) is 0 Å². The highest BCUT2D eigenvalue weighted by Crippen LogP contribution is 2.28. The van der Waals surface area contributed by atoms with E-state index in [9.17, 15) is 4.79 Å². The Hall–Kier alpha value is -1.46. The molecular formula is C16H27ClN2O3. The number of rotatable bonds is 8. The predicted octanol–water partition coefficient (Wildman–Crippen LogP) is 2.76. The lowest BCUT2D eigenvalue weighted by molar-refractivity contribution is 0.0945. The zero-order valence-corrected chi connectivity index (χ0v) is 14.6. The number of hydrogen-bond donors (Lipinski definition) is 2. The third-order valence-corrected chi connectivity index (χ3v) is 2.67. The normalized spacial score (nSPS) is 10.6. The van der Waals surface area contributed by atoms with Gasteiger partial charge in [-0.15, -0.1) is 12.4 Å². The minimum Gasteiger partial charge on any atom is -0.490 e. The van der Waals surface area contributed by atoms with Gasteiger partial charge in [-0.2, -0.15) is 0 Å². The number of benzene rings is 1. The van der Waals surface area contributed by atoms with Crippen LogP contribution in [0, 0.1) is 0 Å². The maximum atomic E-state index is 12.1. The Bertz CT molecular complexity index is 473. The number of carbonyl (C=O) groups is 1. The van der Waals surface area contributed by atoms with Gasteiger partial charge in [0, 0.05) is 17.6 Å². The molecular weight excluding hydrogens is 304 g/mol. The van der Waals surface area contributed by atoms with Gasteiger partial charge in [-0.1, -0.05) is 6.92 Å². The Balaban J connectivity index is 0.00000441. The van der Waals surface area contributed by atoms with Gasteiger partial charge in [0.05, 0.1) is 13.2 Å². The van der Waals surface area contributed by atoms with E-state index in [0.717, 1.165) is 6.42 Å².